The van der Waals surface area contributed by atoms with Crippen molar-refractivity contribution in [2.45, 2.75) is 31.7 Å². The van der Waals surface area contributed by atoms with Crippen molar-refractivity contribution in [3.05, 3.63) is 54.1 Å². The van der Waals surface area contributed by atoms with Gasteiger partial charge in [-0.1, -0.05) is 24.3 Å². The lowest BCUT2D eigenvalue weighted by molar-refractivity contribution is -0.121. The van der Waals surface area contributed by atoms with Gasteiger partial charge in [-0.25, -0.2) is 0 Å². The highest BCUT2D eigenvalue weighted by atomic mass is 16.5. The van der Waals surface area contributed by atoms with Gasteiger partial charge in [0.25, 0.3) is 0 Å². The summed E-state index contributed by atoms with van der Waals surface area (Å²) in [4.78, 5) is 28.1. The summed E-state index contributed by atoms with van der Waals surface area (Å²) in [7, 11) is 3.24. The van der Waals surface area contributed by atoms with Gasteiger partial charge >= 0.3 is 0 Å². The molecule has 0 saturated carbocycles. The number of hydrogen-bond donors (Lipinski definition) is 1. The molecule has 172 valence electrons. The van der Waals surface area contributed by atoms with Gasteiger partial charge in [-0.3, -0.25) is 9.59 Å². The Kier molecular flexibility index (Phi) is 8.92. The molecular weight excluding hydrogens is 406 g/mol. The van der Waals surface area contributed by atoms with E-state index in [1.54, 1.807) is 19.1 Å². The van der Waals surface area contributed by atoms with Crippen molar-refractivity contribution in [1.29, 1.82) is 0 Å². The molecule has 3 rings (SSSR count). The van der Waals surface area contributed by atoms with Gasteiger partial charge in [-0.15, -0.1) is 0 Å². The average molecular weight is 440 g/mol. The van der Waals surface area contributed by atoms with Crippen LogP contribution in [0.4, 0.5) is 5.69 Å². The Bertz CT molecular complexity index is 881. The largest absolute Gasteiger partial charge is 0.497 e. The van der Waals surface area contributed by atoms with Crippen LogP contribution in [0, 0.1) is 0 Å². The van der Waals surface area contributed by atoms with Crippen LogP contribution >= 0.6 is 0 Å². The topological polar surface area (TPSA) is 71.1 Å². The van der Waals surface area contributed by atoms with Crippen LogP contribution in [-0.4, -0.2) is 63.7 Å². The molecule has 2 aromatic carbocycles. The number of anilines is 1. The number of benzene rings is 2. The highest BCUT2D eigenvalue weighted by molar-refractivity contribution is 5.79. The Labute approximate surface area is 190 Å². The van der Waals surface area contributed by atoms with Gasteiger partial charge < -0.3 is 24.6 Å². The van der Waals surface area contributed by atoms with E-state index in [1.165, 1.54) is 0 Å². The van der Waals surface area contributed by atoms with E-state index >= 15 is 0 Å². The van der Waals surface area contributed by atoms with Crippen molar-refractivity contribution in [2.75, 3.05) is 45.3 Å². The minimum atomic E-state index is 0.0511. The van der Waals surface area contributed by atoms with Crippen molar-refractivity contribution in [1.82, 2.24) is 10.2 Å². The third-order valence-electron chi connectivity index (χ3n) is 5.85. The Morgan fingerprint density at radius 2 is 1.91 bits per heavy atom. The SMILES string of the molecule is COc1cccc(CC(=O)NC2CCN(CCCN(C=O)c3ccccc3OC)CC2)c1. The average Bonchev–Trinajstić information content (AvgIpc) is 2.83. The summed E-state index contributed by atoms with van der Waals surface area (Å²) in [5, 5.41) is 3.17. The van der Waals surface area contributed by atoms with Crippen molar-refractivity contribution >= 4 is 18.0 Å². The third kappa shape index (κ3) is 6.72. The van der Waals surface area contributed by atoms with Crippen LogP contribution in [0.3, 0.4) is 0 Å². The molecular formula is C25H33N3O4. The number of methoxy groups -OCH3 is 2. The second-order valence-corrected chi connectivity index (χ2v) is 8.04. The van der Waals surface area contributed by atoms with Crippen LogP contribution in [0.2, 0.25) is 0 Å². The van der Waals surface area contributed by atoms with Gasteiger partial charge in [0, 0.05) is 25.7 Å². The third-order valence-corrected chi connectivity index (χ3v) is 5.85. The molecule has 1 aliphatic heterocycles. The van der Waals surface area contributed by atoms with E-state index in [0.717, 1.165) is 62.3 Å². The van der Waals surface area contributed by atoms with E-state index in [0.29, 0.717) is 18.7 Å². The number of nitrogens with one attached hydrogen (secondary N) is 1. The monoisotopic (exact) mass is 439 g/mol. The van der Waals surface area contributed by atoms with Crippen molar-refractivity contribution < 1.29 is 19.1 Å². The molecule has 0 aliphatic carbocycles. The van der Waals surface area contributed by atoms with Crippen molar-refractivity contribution in [3.8, 4) is 11.5 Å². The first-order valence-corrected chi connectivity index (χ1v) is 11.1. The van der Waals surface area contributed by atoms with Gasteiger partial charge in [-0.2, -0.15) is 0 Å². The van der Waals surface area contributed by atoms with Gasteiger partial charge in [-0.05, 0) is 55.6 Å². The molecule has 0 bridgehead atoms. The van der Waals surface area contributed by atoms with Crippen molar-refractivity contribution in [2.24, 2.45) is 0 Å². The fraction of sp³-hybridized carbons (Fsp3) is 0.440. The number of rotatable bonds is 11. The van der Waals surface area contributed by atoms with E-state index in [2.05, 4.69) is 10.2 Å². The number of amides is 2. The maximum atomic E-state index is 12.4. The second kappa shape index (κ2) is 12.1. The first-order chi connectivity index (χ1) is 15.6. The van der Waals surface area contributed by atoms with E-state index in [4.69, 9.17) is 9.47 Å². The predicted molar refractivity (Wildman–Crippen MR) is 125 cm³/mol. The predicted octanol–water partition coefficient (Wildman–Crippen LogP) is 2.88. The van der Waals surface area contributed by atoms with Crippen LogP contribution in [-0.2, 0) is 16.0 Å². The lowest BCUT2D eigenvalue weighted by atomic mass is 10.0. The zero-order valence-electron chi connectivity index (χ0n) is 19.0. The highest BCUT2D eigenvalue weighted by Gasteiger charge is 2.21. The Hall–Kier alpha value is -3.06. The molecule has 1 fully saturated rings. The number of nitrogens with zero attached hydrogens (tertiary/aromatic N) is 2. The van der Waals surface area contributed by atoms with E-state index in [9.17, 15) is 9.59 Å². The zero-order valence-corrected chi connectivity index (χ0v) is 19.0. The fourth-order valence-corrected chi connectivity index (χ4v) is 4.11. The number of piperidine rings is 1. The van der Waals surface area contributed by atoms with Gasteiger partial charge in [0.1, 0.15) is 11.5 Å². The quantitative estimate of drug-likeness (QED) is 0.545. The maximum Gasteiger partial charge on any atom is 0.224 e. The first-order valence-electron chi connectivity index (χ1n) is 11.1. The molecule has 0 radical (unpaired) electrons. The molecule has 0 unspecified atom stereocenters. The summed E-state index contributed by atoms with van der Waals surface area (Å²) < 4.78 is 10.6. The molecule has 0 aromatic heterocycles. The molecule has 1 saturated heterocycles. The lowest BCUT2D eigenvalue weighted by Crippen LogP contribution is -2.45. The summed E-state index contributed by atoms with van der Waals surface area (Å²) in [5.74, 6) is 1.52. The maximum absolute atomic E-state index is 12.4. The van der Waals surface area contributed by atoms with Crippen LogP contribution in [0.5, 0.6) is 11.5 Å². The molecule has 7 heteroatoms. The van der Waals surface area contributed by atoms with Gasteiger partial charge in [0.2, 0.25) is 12.3 Å². The molecule has 0 atom stereocenters. The first kappa shape index (κ1) is 23.6. The molecule has 1 N–H and O–H groups in total. The number of carbonyl (C=O) groups excluding carboxylic acids is 2. The van der Waals surface area contributed by atoms with E-state index in [-0.39, 0.29) is 11.9 Å². The summed E-state index contributed by atoms with van der Waals surface area (Å²) in [6.07, 6.45) is 3.98. The molecule has 0 spiro atoms. The fourth-order valence-electron chi connectivity index (χ4n) is 4.11. The Morgan fingerprint density at radius 3 is 2.62 bits per heavy atom. The zero-order chi connectivity index (χ0) is 22.8. The smallest absolute Gasteiger partial charge is 0.224 e. The minimum Gasteiger partial charge on any atom is -0.497 e. The van der Waals surface area contributed by atoms with Gasteiger partial charge in [0.15, 0.2) is 0 Å². The Balaban J connectivity index is 1.38. The molecule has 7 nitrogen and oxygen atoms in total. The van der Waals surface area contributed by atoms with Crippen molar-refractivity contribution in [3.63, 3.8) is 0 Å². The Morgan fingerprint density at radius 1 is 1.12 bits per heavy atom. The van der Waals surface area contributed by atoms with Gasteiger partial charge in [0.05, 0.1) is 26.3 Å². The summed E-state index contributed by atoms with van der Waals surface area (Å²) in [5.41, 5.74) is 1.75. The van der Waals surface area contributed by atoms with Crippen LogP contribution in [0.15, 0.2) is 48.5 Å². The number of likely N-dealkylation sites (tertiary alicyclic amines) is 1. The molecule has 2 aromatic rings. The lowest BCUT2D eigenvalue weighted by Gasteiger charge is -2.32. The number of carbonyl (C=O) groups is 2. The molecule has 2 amide bonds. The minimum absolute atomic E-state index is 0.0511. The number of hydrogen-bond acceptors (Lipinski definition) is 5. The van der Waals surface area contributed by atoms with Crippen LogP contribution in [0.1, 0.15) is 24.8 Å². The second-order valence-electron chi connectivity index (χ2n) is 8.04. The molecule has 32 heavy (non-hydrogen) atoms. The van der Waals surface area contributed by atoms with E-state index < -0.39 is 0 Å². The summed E-state index contributed by atoms with van der Waals surface area (Å²) in [6, 6.07) is 15.4. The number of para-hydroxylation sites is 2. The van der Waals surface area contributed by atoms with Crippen LogP contribution < -0.4 is 19.7 Å². The van der Waals surface area contributed by atoms with E-state index in [1.807, 2.05) is 48.5 Å². The van der Waals surface area contributed by atoms with Crippen LogP contribution in [0.25, 0.3) is 0 Å². The highest BCUT2D eigenvalue weighted by Crippen LogP contribution is 2.26. The number of ether oxygens (including phenoxy) is 2. The standard InChI is InChI=1S/C25H33N3O4/c1-31-22-8-5-7-20(17-22)18-25(30)26-21-11-15-27(16-12-21)13-6-14-28(19-29)23-9-3-4-10-24(23)32-2/h3-5,7-10,17,19,21H,6,11-16,18H2,1-2H3,(H,26,30). The summed E-state index contributed by atoms with van der Waals surface area (Å²) in [6.45, 7) is 3.45. The normalized spacial score (nSPS) is 14.6. The molecule has 1 aliphatic rings. The molecule has 1 heterocycles. The summed E-state index contributed by atoms with van der Waals surface area (Å²) >= 11 is 0.